The first kappa shape index (κ1) is 18.8. The second-order valence-electron chi connectivity index (χ2n) is 5.59. The van der Waals surface area contributed by atoms with Gasteiger partial charge in [0, 0.05) is 17.1 Å². The molecule has 1 atom stereocenters. The molecule has 2 aromatic carbocycles. The number of nitrogens with one attached hydrogen (secondary N) is 1. The average molecular weight is 387 g/mol. The van der Waals surface area contributed by atoms with Gasteiger partial charge in [0.25, 0.3) is 5.91 Å². The summed E-state index contributed by atoms with van der Waals surface area (Å²) in [4.78, 5) is 16.8. The molecule has 0 spiro atoms. The van der Waals surface area contributed by atoms with E-state index in [0.717, 1.165) is 22.8 Å². The van der Waals surface area contributed by atoms with Crippen molar-refractivity contribution in [3.05, 3.63) is 54.3 Å². The van der Waals surface area contributed by atoms with E-state index >= 15 is 0 Å². The second-order valence-corrected chi connectivity index (χ2v) is 6.34. The van der Waals surface area contributed by atoms with Gasteiger partial charge in [0.2, 0.25) is 5.13 Å². The van der Waals surface area contributed by atoms with Gasteiger partial charge in [-0.2, -0.15) is 9.36 Å². The van der Waals surface area contributed by atoms with E-state index < -0.39 is 17.8 Å². The summed E-state index contributed by atoms with van der Waals surface area (Å²) in [5, 5.41) is 3.03. The third kappa shape index (κ3) is 4.59. The van der Waals surface area contributed by atoms with E-state index in [1.807, 2.05) is 24.3 Å². The predicted octanol–water partition coefficient (Wildman–Crippen LogP) is 4.15. The molecule has 0 bridgehead atoms. The van der Waals surface area contributed by atoms with Gasteiger partial charge in [-0.1, -0.05) is 19.1 Å². The van der Waals surface area contributed by atoms with E-state index in [1.165, 1.54) is 12.1 Å². The molecule has 1 unspecified atom stereocenters. The Labute approximate surface area is 160 Å². The van der Waals surface area contributed by atoms with E-state index in [2.05, 4.69) is 14.7 Å². The van der Waals surface area contributed by atoms with E-state index in [4.69, 9.17) is 9.47 Å². The molecule has 27 heavy (non-hydrogen) atoms. The summed E-state index contributed by atoms with van der Waals surface area (Å²) in [7, 11) is 1.59. The van der Waals surface area contributed by atoms with Crippen LogP contribution in [0.5, 0.6) is 11.5 Å². The standard InChI is InChI=1S/C19H18FN3O3S/c1-3-15(26-16-7-5-4-6-14(16)20)18(24)22-19-21-17(23-27-19)12-8-10-13(25-2)11-9-12/h4-11,15H,3H2,1-2H3,(H,21,22,23,24). The zero-order valence-electron chi connectivity index (χ0n) is 14.8. The average Bonchev–Trinajstić information content (AvgIpc) is 3.15. The number of hydrogen-bond acceptors (Lipinski definition) is 6. The highest BCUT2D eigenvalue weighted by molar-refractivity contribution is 7.10. The van der Waals surface area contributed by atoms with Crippen LogP contribution >= 0.6 is 11.5 Å². The highest BCUT2D eigenvalue weighted by atomic mass is 32.1. The summed E-state index contributed by atoms with van der Waals surface area (Å²) < 4.78 is 28.6. The van der Waals surface area contributed by atoms with Gasteiger partial charge in [0.15, 0.2) is 23.5 Å². The maximum atomic E-state index is 13.7. The molecule has 3 aromatic rings. The number of carbonyl (C=O) groups is 1. The topological polar surface area (TPSA) is 73.3 Å². The zero-order chi connectivity index (χ0) is 19.2. The maximum Gasteiger partial charge on any atom is 0.267 e. The summed E-state index contributed by atoms with van der Waals surface area (Å²) in [5.74, 6) is 0.356. The summed E-state index contributed by atoms with van der Waals surface area (Å²) >= 11 is 1.07. The number of hydrogen-bond donors (Lipinski definition) is 1. The summed E-state index contributed by atoms with van der Waals surface area (Å²) in [6, 6.07) is 13.3. The zero-order valence-corrected chi connectivity index (χ0v) is 15.6. The van der Waals surface area contributed by atoms with Crippen molar-refractivity contribution in [2.24, 2.45) is 0 Å². The van der Waals surface area contributed by atoms with Crippen molar-refractivity contribution < 1.29 is 18.7 Å². The second kappa shape index (κ2) is 8.59. The summed E-state index contributed by atoms with van der Waals surface area (Å²) in [6.07, 6.45) is -0.458. The highest BCUT2D eigenvalue weighted by Crippen LogP contribution is 2.24. The lowest BCUT2D eigenvalue weighted by Gasteiger charge is -2.16. The minimum Gasteiger partial charge on any atom is -0.497 e. The first-order valence-electron chi connectivity index (χ1n) is 8.31. The first-order valence-corrected chi connectivity index (χ1v) is 9.08. The fourth-order valence-electron chi connectivity index (χ4n) is 2.33. The van der Waals surface area contributed by atoms with E-state index in [-0.39, 0.29) is 5.75 Å². The van der Waals surface area contributed by atoms with Crippen molar-refractivity contribution in [2.75, 3.05) is 12.4 Å². The van der Waals surface area contributed by atoms with Gasteiger partial charge in [-0.3, -0.25) is 10.1 Å². The number of carbonyl (C=O) groups excluding carboxylic acids is 1. The fourth-order valence-corrected chi connectivity index (χ4v) is 2.93. The molecule has 1 amide bonds. The molecule has 3 rings (SSSR count). The molecular formula is C19H18FN3O3S. The van der Waals surface area contributed by atoms with Crippen LogP contribution in [0.15, 0.2) is 48.5 Å². The number of aromatic nitrogens is 2. The van der Waals surface area contributed by atoms with E-state index in [1.54, 1.807) is 26.2 Å². The first-order chi connectivity index (χ1) is 13.1. The summed E-state index contributed by atoms with van der Waals surface area (Å²) in [5.41, 5.74) is 0.808. The van der Waals surface area contributed by atoms with Gasteiger partial charge in [-0.25, -0.2) is 4.39 Å². The largest absolute Gasteiger partial charge is 0.497 e. The molecule has 0 aliphatic carbocycles. The number of benzene rings is 2. The van der Waals surface area contributed by atoms with Gasteiger partial charge < -0.3 is 9.47 Å². The molecule has 1 heterocycles. The van der Waals surface area contributed by atoms with E-state index in [0.29, 0.717) is 17.4 Å². The fraction of sp³-hybridized carbons (Fsp3) is 0.211. The Morgan fingerprint density at radius 3 is 2.63 bits per heavy atom. The van der Waals surface area contributed by atoms with Crippen LogP contribution in [0.4, 0.5) is 9.52 Å². The summed E-state index contributed by atoms with van der Waals surface area (Å²) in [6.45, 7) is 1.79. The monoisotopic (exact) mass is 387 g/mol. The van der Waals surface area contributed by atoms with Crippen LogP contribution in [0.2, 0.25) is 0 Å². The number of rotatable bonds is 7. The van der Waals surface area contributed by atoms with Gasteiger partial charge in [0.1, 0.15) is 5.75 Å². The van der Waals surface area contributed by atoms with Crippen molar-refractivity contribution >= 4 is 22.6 Å². The Hall–Kier alpha value is -3.00. The van der Waals surface area contributed by atoms with Crippen LogP contribution in [0.1, 0.15) is 13.3 Å². The van der Waals surface area contributed by atoms with Crippen molar-refractivity contribution in [3.8, 4) is 22.9 Å². The van der Waals surface area contributed by atoms with Gasteiger partial charge >= 0.3 is 0 Å². The molecule has 0 aliphatic rings. The van der Waals surface area contributed by atoms with Crippen LogP contribution in [0.3, 0.4) is 0 Å². The Bertz CT molecular complexity index is 915. The lowest BCUT2D eigenvalue weighted by atomic mass is 10.2. The van der Waals surface area contributed by atoms with Gasteiger partial charge in [0.05, 0.1) is 7.11 Å². The highest BCUT2D eigenvalue weighted by Gasteiger charge is 2.21. The molecular weight excluding hydrogens is 369 g/mol. The molecule has 8 heteroatoms. The smallest absolute Gasteiger partial charge is 0.267 e. The van der Waals surface area contributed by atoms with Gasteiger partial charge in [-0.15, -0.1) is 0 Å². The lowest BCUT2D eigenvalue weighted by Crippen LogP contribution is -2.32. The Morgan fingerprint density at radius 2 is 1.96 bits per heavy atom. The molecule has 140 valence electrons. The SMILES string of the molecule is CCC(Oc1ccccc1F)C(=O)Nc1nc(-c2ccc(OC)cc2)ns1. The number of amides is 1. The number of methoxy groups -OCH3 is 1. The van der Waals surface area contributed by atoms with Crippen molar-refractivity contribution in [1.29, 1.82) is 0 Å². The Kier molecular flexibility index (Phi) is 5.97. The minimum absolute atomic E-state index is 0.0377. The quantitative estimate of drug-likeness (QED) is 0.659. The number of para-hydroxylation sites is 1. The Morgan fingerprint density at radius 1 is 1.22 bits per heavy atom. The third-order valence-corrected chi connectivity index (χ3v) is 4.40. The predicted molar refractivity (Wildman–Crippen MR) is 102 cm³/mol. The van der Waals surface area contributed by atoms with Crippen LogP contribution in [0, 0.1) is 5.82 Å². The number of nitrogens with zero attached hydrogens (tertiary/aromatic N) is 2. The number of halogens is 1. The number of ether oxygens (including phenoxy) is 2. The molecule has 0 saturated carbocycles. The van der Waals surface area contributed by atoms with Gasteiger partial charge in [-0.05, 0) is 42.8 Å². The number of anilines is 1. The normalized spacial score (nSPS) is 11.7. The molecule has 0 fully saturated rings. The maximum absolute atomic E-state index is 13.7. The molecule has 0 saturated heterocycles. The molecule has 1 aromatic heterocycles. The van der Waals surface area contributed by atoms with Crippen molar-refractivity contribution in [2.45, 2.75) is 19.4 Å². The molecule has 6 nitrogen and oxygen atoms in total. The van der Waals surface area contributed by atoms with Crippen LogP contribution < -0.4 is 14.8 Å². The van der Waals surface area contributed by atoms with E-state index in [9.17, 15) is 9.18 Å². The Balaban J connectivity index is 1.67. The van der Waals surface area contributed by atoms with Crippen LogP contribution in [-0.4, -0.2) is 28.5 Å². The molecule has 0 aliphatic heterocycles. The van der Waals surface area contributed by atoms with Crippen LogP contribution in [0.25, 0.3) is 11.4 Å². The lowest BCUT2D eigenvalue weighted by molar-refractivity contribution is -0.122. The van der Waals surface area contributed by atoms with Crippen molar-refractivity contribution in [1.82, 2.24) is 9.36 Å². The minimum atomic E-state index is -0.838. The van der Waals surface area contributed by atoms with Crippen LogP contribution in [-0.2, 0) is 4.79 Å². The molecule has 1 N–H and O–H groups in total. The van der Waals surface area contributed by atoms with Crippen molar-refractivity contribution in [3.63, 3.8) is 0 Å². The third-order valence-electron chi connectivity index (χ3n) is 3.77. The molecule has 0 radical (unpaired) electrons.